The molecule has 170 valence electrons. The Labute approximate surface area is 195 Å². The number of rotatable bonds is 5. The van der Waals surface area contributed by atoms with Gasteiger partial charge < -0.3 is 24.0 Å². The number of benzene rings is 2. The normalized spacial score (nSPS) is 17.8. The molecule has 9 heteroatoms. The third kappa shape index (κ3) is 4.69. The number of hydrogen-bond donors (Lipinski definition) is 0. The number of anilines is 1. The van der Waals surface area contributed by atoms with Crippen LogP contribution in [0.15, 0.2) is 59.4 Å². The molecule has 0 unspecified atom stereocenters. The molecule has 8 nitrogen and oxygen atoms in total. The number of fused-ring (bicyclic) bond motifs is 1. The summed E-state index contributed by atoms with van der Waals surface area (Å²) in [4.78, 5) is 34.1. The summed E-state index contributed by atoms with van der Waals surface area (Å²) in [6.45, 7) is 2.59. The van der Waals surface area contributed by atoms with Crippen molar-refractivity contribution in [1.29, 1.82) is 0 Å². The first-order valence-corrected chi connectivity index (χ1v) is 11.7. The highest BCUT2D eigenvalue weighted by atomic mass is 32.1. The van der Waals surface area contributed by atoms with Gasteiger partial charge >= 0.3 is 0 Å². The Hall–Kier alpha value is -3.43. The fraction of sp³-hybridized carbons (Fsp3) is 0.292. The Balaban J connectivity index is 1.33. The molecule has 1 atom stereocenters. The lowest BCUT2D eigenvalue weighted by atomic mass is 10.1. The van der Waals surface area contributed by atoms with Crippen LogP contribution in [0.3, 0.4) is 0 Å². The molecule has 0 aliphatic carbocycles. The van der Waals surface area contributed by atoms with E-state index in [9.17, 15) is 9.59 Å². The van der Waals surface area contributed by atoms with Gasteiger partial charge in [-0.15, -0.1) is 11.3 Å². The number of ether oxygens (including phenoxy) is 3. The van der Waals surface area contributed by atoms with Crippen molar-refractivity contribution in [3.8, 4) is 11.5 Å². The van der Waals surface area contributed by atoms with E-state index in [1.807, 2.05) is 23.6 Å². The number of carbonyl (C=O) groups is 2. The molecule has 0 bridgehead atoms. The van der Waals surface area contributed by atoms with Gasteiger partial charge in [-0.3, -0.25) is 9.59 Å². The first-order chi connectivity index (χ1) is 16.2. The maximum absolute atomic E-state index is 13.4. The van der Waals surface area contributed by atoms with Gasteiger partial charge in [0, 0.05) is 24.0 Å². The van der Waals surface area contributed by atoms with Gasteiger partial charge in [0.25, 0.3) is 11.8 Å². The zero-order valence-electron chi connectivity index (χ0n) is 17.9. The Morgan fingerprint density at radius 2 is 1.88 bits per heavy atom. The number of carbonyl (C=O) groups excluding carboxylic acids is 2. The van der Waals surface area contributed by atoms with E-state index in [1.54, 1.807) is 45.6 Å². The first kappa shape index (κ1) is 21.4. The van der Waals surface area contributed by atoms with E-state index in [1.165, 1.54) is 11.3 Å². The monoisotopic (exact) mass is 465 g/mol. The lowest BCUT2D eigenvalue weighted by Crippen LogP contribution is -2.54. The standard InChI is InChI=1S/C24H23N3O5S/c28-23(17-5-7-19(8-6-17)31-14-18-15-33-16-25-18)27-13-22(24(29)26-9-11-30-12-10-26)32-21-4-2-1-3-20(21)27/h1-8,15-16,22H,9-14H2/t22-/m1/s1. The maximum Gasteiger partial charge on any atom is 0.265 e. The van der Waals surface area contributed by atoms with E-state index in [0.29, 0.717) is 55.7 Å². The van der Waals surface area contributed by atoms with E-state index in [-0.39, 0.29) is 18.4 Å². The van der Waals surface area contributed by atoms with E-state index < -0.39 is 6.10 Å². The zero-order chi connectivity index (χ0) is 22.6. The van der Waals surface area contributed by atoms with Crippen LogP contribution in [-0.4, -0.2) is 60.7 Å². The minimum absolute atomic E-state index is 0.128. The summed E-state index contributed by atoms with van der Waals surface area (Å²) in [5, 5.41) is 1.93. The summed E-state index contributed by atoms with van der Waals surface area (Å²) < 4.78 is 17.1. The lowest BCUT2D eigenvalue weighted by molar-refractivity contribution is -0.142. The summed E-state index contributed by atoms with van der Waals surface area (Å²) in [6.07, 6.45) is -0.761. The van der Waals surface area contributed by atoms with Crippen molar-refractivity contribution < 1.29 is 23.8 Å². The fourth-order valence-corrected chi connectivity index (χ4v) is 4.40. The predicted octanol–water partition coefficient (Wildman–Crippen LogP) is 2.99. The second-order valence-corrected chi connectivity index (χ2v) is 8.44. The van der Waals surface area contributed by atoms with Gasteiger partial charge in [-0.05, 0) is 36.4 Å². The summed E-state index contributed by atoms with van der Waals surface area (Å²) in [5.74, 6) is 0.849. The van der Waals surface area contributed by atoms with Crippen LogP contribution in [0.2, 0.25) is 0 Å². The number of hydrogen-bond acceptors (Lipinski definition) is 7. The minimum Gasteiger partial charge on any atom is -0.487 e. The number of aromatic nitrogens is 1. The minimum atomic E-state index is -0.761. The summed E-state index contributed by atoms with van der Waals surface area (Å²) in [5.41, 5.74) is 3.78. The van der Waals surface area contributed by atoms with Crippen LogP contribution < -0.4 is 14.4 Å². The molecule has 2 aliphatic heterocycles. The first-order valence-electron chi connectivity index (χ1n) is 10.7. The molecule has 0 N–H and O–H groups in total. The van der Waals surface area contributed by atoms with Gasteiger partial charge in [0.05, 0.1) is 36.7 Å². The molecule has 0 radical (unpaired) electrons. The average Bonchev–Trinajstić information content (AvgIpc) is 3.40. The van der Waals surface area contributed by atoms with E-state index in [0.717, 1.165) is 5.69 Å². The third-order valence-electron chi connectivity index (χ3n) is 5.59. The molecule has 2 aromatic carbocycles. The molecular weight excluding hydrogens is 442 g/mol. The van der Waals surface area contributed by atoms with Crippen molar-refractivity contribution in [3.05, 3.63) is 70.7 Å². The molecule has 33 heavy (non-hydrogen) atoms. The molecule has 2 amide bonds. The second kappa shape index (κ2) is 9.60. The molecule has 1 aromatic heterocycles. The zero-order valence-corrected chi connectivity index (χ0v) is 18.7. The number of para-hydroxylation sites is 2. The lowest BCUT2D eigenvalue weighted by Gasteiger charge is -2.37. The molecule has 3 aromatic rings. The van der Waals surface area contributed by atoms with Crippen molar-refractivity contribution in [3.63, 3.8) is 0 Å². The van der Waals surface area contributed by atoms with Gasteiger partial charge in [-0.1, -0.05) is 12.1 Å². The number of nitrogens with zero attached hydrogens (tertiary/aromatic N) is 3. The van der Waals surface area contributed by atoms with Crippen molar-refractivity contribution in [1.82, 2.24) is 9.88 Å². The summed E-state index contributed by atoms with van der Waals surface area (Å²) in [6, 6.07) is 14.3. The maximum atomic E-state index is 13.4. The van der Waals surface area contributed by atoms with Crippen molar-refractivity contribution in [2.24, 2.45) is 0 Å². The predicted molar refractivity (Wildman–Crippen MR) is 123 cm³/mol. The quantitative estimate of drug-likeness (QED) is 0.576. The molecule has 5 rings (SSSR count). The van der Waals surface area contributed by atoms with Crippen LogP contribution in [0.1, 0.15) is 16.1 Å². The topological polar surface area (TPSA) is 81.2 Å². The second-order valence-electron chi connectivity index (χ2n) is 7.72. The van der Waals surface area contributed by atoms with Crippen LogP contribution in [0.5, 0.6) is 11.5 Å². The number of morpholine rings is 1. The Bertz CT molecular complexity index is 1110. The van der Waals surface area contributed by atoms with Crippen LogP contribution in [0.4, 0.5) is 5.69 Å². The number of amides is 2. The Kier molecular flexibility index (Phi) is 6.23. The van der Waals surface area contributed by atoms with Crippen molar-refractivity contribution >= 4 is 28.8 Å². The summed E-state index contributed by atoms with van der Waals surface area (Å²) >= 11 is 1.52. The van der Waals surface area contributed by atoms with Crippen LogP contribution >= 0.6 is 11.3 Å². The van der Waals surface area contributed by atoms with Crippen LogP contribution in [-0.2, 0) is 16.1 Å². The van der Waals surface area contributed by atoms with Gasteiger partial charge in [0.2, 0.25) is 0 Å². The molecule has 2 aliphatic rings. The largest absolute Gasteiger partial charge is 0.487 e. The molecule has 0 spiro atoms. The van der Waals surface area contributed by atoms with Crippen molar-refractivity contribution in [2.75, 3.05) is 37.7 Å². The Morgan fingerprint density at radius 1 is 1.09 bits per heavy atom. The average molecular weight is 466 g/mol. The molecule has 3 heterocycles. The van der Waals surface area contributed by atoms with Gasteiger partial charge in [0.1, 0.15) is 18.1 Å². The van der Waals surface area contributed by atoms with E-state index in [4.69, 9.17) is 14.2 Å². The molecule has 0 saturated carbocycles. The SMILES string of the molecule is O=C([C@H]1CN(C(=O)c2ccc(OCc3cscn3)cc2)c2ccccc2O1)N1CCOCC1. The van der Waals surface area contributed by atoms with E-state index >= 15 is 0 Å². The highest BCUT2D eigenvalue weighted by molar-refractivity contribution is 7.07. The molecule has 1 saturated heterocycles. The molecule has 1 fully saturated rings. The highest BCUT2D eigenvalue weighted by Gasteiger charge is 2.36. The van der Waals surface area contributed by atoms with Gasteiger partial charge in [-0.2, -0.15) is 0 Å². The smallest absolute Gasteiger partial charge is 0.265 e. The molecular formula is C24H23N3O5S. The van der Waals surface area contributed by atoms with E-state index in [2.05, 4.69) is 4.98 Å². The highest BCUT2D eigenvalue weighted by Crippen LogP contribution is 2.34. The summed E-state index contributed by atoms with van der Waals surface area (Å²) in [7, 11) is 0. The van der Waals surface area contributed by atoms with Crippen LogP contribution in [0, 0.1) is 0 Å². The van der Waals surface area contributed by atoms with Gasteiger partial charge in [-0.25, -0.2) is 4.98 Å². The van der Waals surface area contributed by atoms with Gasteiger partial charge in [0.15, 0.2) is 6.10 Å². The Morgan fingerprint density at radius 3 is 2.64 bits per heavy atom. The number of thiazole rings is 1. The third-order valence-corrected chi connectivity index (χ3v) is 6.22. The van der Waals surface area contributed by atoms with Crippen molar-refractivity contribution in [2.45, 2.75) is 12.7 Å². The fourth-order valence-electron chi connectivity index (χ4n) is 3.86. The van der Waals surface area contributed by atoms with Crippen LogP contribution in [0.25, 0.3) is 0 Å².